The van der Waals surface area contributed by atoms with Crippen LogP contribution < -0.4 is 5.73 Å². The Labute approximate surface area is 310 Å². The summed E-state index contributed by atoms with van der Waals surface area (Å²) in [6, 6.07) is 22.0. The maximum absolute atomic E-state index is 4.90. The number of allylic oxidation sites excluding steroid dienone is 6. The van der Waals surface area contributed by atoms with Crippen molar-refractivity contribution in [3.05, 3.63) is 132 Å². The second-order valence-electron chi connectivity index (χ2n) is 13.9. The Kier molecular flexibility index (Phi) is 9.93. The van der Waals surface area contributed by atoms with E-state index in [1.54, 1.807) is 6.20 Å². The van der Waals surface area contributed by atoms with Gasteiger partial charge in [-0.05, 0) is 106 Å². The number of nitrogens with zero attached hydrogens (tertiary/aromatic N) is 8. The van der Waals surface area contributed by atoms with Crippen LogP contribution in [0.4, 0.5) is 0 Å². The fraction of sp³-hybridized carbons (Fsp3) is 0.227. The van der Waals surface area contributed by atoms with Gasteiger partial charge in [-0.2, -0.15) is 0 Å². The van der Waals surface area contributed by atoms with E-state index in [4.69, 9.17) is 29.9 Å². The highest BCUT2D eigenvalue weighted by Crippen LogP contribution is 2.40. The van der Waals surface area contributed by atoms with Gasteiger partial charge >= 0.3 is 0 Å². The van der Waals surface area contributed by atoms with Gasteiger partial charge in [-0.15, -0.1) is 0 Å². The second kappa shape index (κ2) is 14.9. The molecular formula is C44H43N9. The van der Waals surface area contributed by atoms with Gasteiger partial charge < -0.3 is 5.73 Å². The average Bonchev–Trinajstić information content (AvgIpc) is 3.22. The zero-order valence-corrected chi connectivity index (χ0v) is 30.7. The van der Waals surface area contributed by atoms with Crippen LogP contribution in [0.25, 0.3) is 50.5 Å². The Bertz CT molecular complexity index is 2430. The molecule has 5 aromatic rings. The molecule has 9 heteroatoms. The summed E-state index contributed by atoms with van der Waals surface area (Å²) in [5.41, 5.74) is 14.2. The molecule has 53 heavy (non-hydrogen) atoms. The first kappa shape index (κ1) is 35.3. The van der Waals surface area contributed by atoms with Crippen molar-refractivity contribution < 1.29 is 0 Å². The standard InChI is InChI=1S/C43H38N8.CH5N/c1-28(42(3)21-19-34(46-26-42)38-17-13-30-11-15-36(48-40(30)50-38)32-9-5-7-23-44-32)25-29(2)43(4)22-20-35(47-27-43)39-18-14-31-12-16-37(49-41(31)51-39)33-10-6-8-24-45-33;1-2/h6,8-20,23-27H,1,5,7,21-22H2,2-4H3;2H2,1H3/b29-25+;. The molecule has 0 bridgehead atoms. The minimum atomic E-state index is -0.322. The van der Waals surface area contributed by atoms with Crippen LogP contribution in [0.5, 0.6) is 0 Å². The van der Waals surface area contributed by atoms with Crippen LogP contribution in [-0.4, -0.2) is 50.6 Å². The van der Waals surface area contributed by atoms with Gasteiger partial charge in [0.15, 0.2) is 11.3 Å². The third-order valence-corrected chi connectivity index (χ3v) is 10.1. The van der Waals surface area contributed by atoms with Crippen molar-refractivity contribution in [2.75, 3.05) is 7.05 Å². The molecule has 8 heterocycles. The van der Waals surface area contributed by atoms with E-state index >= 15 is 0 Å². The number of hydrogen-bond acceptors (Lipinski definition) is 9. The van der Waals surface area contributed by atoms with Gasteiger partial charge in [0, 0.05) is 46.4 Å². The van der Waals surface area contributed by atoms with Gasteiger partial charge in [0.05, 0.1) is 45.6 Å². The van der Waals surface area contributed by atoms with Crippen LogP contribution in [0.3, 0.4) is 0 Å². The highest BCUT2D eigenvalue weighted by molar-refractivity contribution is 5.87. The first-order chi connectivity index (χ1) is 25.8. The number of aliphatic imine (C=N–C) groups is 3. The number of fused-ring (bicyclic) bond motifs is 2. The molecule has 0 saturated heterocycles. The number of pyridine rings is 5. The fourth-order valence-corrected chi connectivity index (χ4v) is 6.43. The lowest BCUT2D eigenvalue weighted by Crippen LogP contribution is -2.25. The summed E-state index contributed by atoms with van der Waals surface area (Å²) in [6.07, 6.45) is 20.0. The average molecular weight is 698 g/mol. The van der Waals surface area contributed by atoms with Crippen molar-refractivity contribution >= 4 is 57.8 Å². The third kappa shape index (κ3) is 7.34. The zero-order valence-electron chi connectivity index (χ0n) is 30.7. The van der Waals surface area contributed by atoms with Gasteiger partial charge in [-0.3, -0.25) is 20.0 Å². The molecule has 2 N–H and O–H groups in total. The first-order valence-electron chi connectivity index (χ1n) is 17.9. The first-order valence-corrected chi connectivity index (χ1v) is 17.9. The van der Waals surface area contributed by atoms with Gasteiger partial charge in [0.2, 0.25) is 0 Å². The molecule has 5 aromatic heterocycles. The molecule has 0 aliphatic carbocycles. The molecule has 264 valence electrons. The lowest BCUT2D eigenvalue weighted by atomic mass is 9.74. The van der Waals surface area contributed by atoms with Crippen LogP contribution in [0.15, 0.2) is 130 Å². The lowest BCUT2D eigenvalue weighted by Gasteiger charge is -2.32. The molecular weight excluding hydrogens is 655 g/mol. The normalized spacial score (nSPS) is 21.1. The molecule has 3 aliphatic heterocycles. The molecule has 0 amide bonds. The molecule has 0 aromatic carbocycles. The summed E-state index contributed by atoms with van der Waals surface area (Å²) in [4.78, 5) is 38.1. The van der Waals surface area contributed by atoms with Crippen molar-refractivity contribution in [2.24, 2.45) is 31.5 Å². The largest absolute Gasteiger partial charge is 0.333 e. The van der Waals surface area contributed by atoms with Crippen LogP contribution in [0, 0.1) is 10.8 Å². The van der Waals surface area contributed by atoms with Crippen molar-refractivity contribution in [2.45, 2.75) is 46.5 Å². The molecule has 0 spiro atoms. The molecule has 2 atom stereocenters. The van der Waals surface area contributed by atoms with E-state index in [1.165, 1.54) is 12.6 Å². The van der Waals surface area contributed by atoms with Gasteiger partial charge in [-0.1, -0.05) is 56.4 Å². The third-order valence-electron chi connectivity index (χ3n) is 10.1. The Morgan fingerprint density at radius 3 is 1.64 bits per heavy atom. The molecule has 2 unspecified atom stereocenters. The quantitative estimate of drug-likeness (QED) is 0.169. The summed E-state index contributed by atoms with van der Waals surface area (Å²) in [6.45, 7) is 11.1. The monoisotopic (exact) mass is 697 g/mol. The Morgan fingerprint density at radius 1 is 0.623 bits per heavy atom. The lowest BCUT2D eigenvalue weighted by molar-refractivity contribution is 0.560. The van der Waals surface area contributed by atoms with E-state index in [0.717, 1.165) is 87.6 Å². The van der Waals surface area contributed by atoms with Gasteiger partial charge in [-0.25, -0.2) is 19.9 Å². The summed E-state index contributed by atoms with van der Waals surface area (Å²) < 4.78 is 0. The maximum atomic E-state index is 4.90. The molecule has 3 aliphatic rings. The number of hydrogen-bond donors (Lipinski definition) is 1. The van der Waals surface area contributed by atoms with Crippen LogP contribution in [-0.2, 0) is 0 Å². The summed E-state index contributed by atoms with van der Waals surface area (Å²) in [5, 5.41) is 1.97. The molecule has 0 saturated carbocycles. The number of rotatable bonds is 7. The van der Waals surface area contributed by atoms with Crippen molar-refractivity contribution in [1.29, 1.82) is 0 Å². The van der Waals surface area contributed by atoms with Crippen LogP contribution in [0.2, 0.25) is 0 Å². The highest BCUT2D eigenvalue weighted by atomic mass is 14.9. The van der Waals surface area contributed by atoms with E-state index in [0.29, 0.717) is 11.3 Å². The smallest absolute Gasteiger partial charge is 0.160 e. The fourth-order valence-electron chi connectivity index (χ4n) is 6.43. The van der Waals surface area contributed by atoms with Gasteiger partial charge in [0.1, 0.15) is 0 Å². The SMILES string of the molecule is C=C(/C=C(\C)C1(C)C=NC(c2ccc3ccc(-c4ccccn4)nc3n2)=CC1)C1(C)C=NC(c2ccc3ccc(C4=CCCC=N4)nc3n2)=CC1.CN. The molecule has 8 rings (SSSR count). The van der Waals surface area contributed by atoms with E-state index in [9.17, 15) is 0 Å². The zero-order chi connectivity index (χ0) is 37.0. The number of aromatic nitrogens is 5. The van der Waals surface area contributed by atoms with E-state index in [2.05, 4.69) is 79.5 Å². The Balaban J connectivity index is 0.00000214. The summed E-state index contributed by atoms with van der Waals surface area (Å²) in [7, 11) is 1.50. The predicted octanol–water partition coefficient (Wildman–Crippen LogP) is 9.26. The van der Waals surface area contributed by atoms with Crippen LogP contribution in [0.1, 0.15) is 63.5 Å². The molecule has 9 nitrogen and oxygen atoms in total. The Hall–Kier alpha value is -6.06. The predicted molar refractivity (Wildman–Crippen MR) is 219 cm³/mol. The van der Waals surface area contributed by atoms with Crippen molar-refractivity contribution in [3.63, 3.8) is 0 Å². The highest BCUT2D eigenvalue weighted by Gasteiger charge is 2.31. The summed E-state index contributed by atoms with van der Waals surface area (Å²) in [5.74, 6) is 0. The topological polar surface area (TPSA) is 128 Å². The van der Waals surface area contributed by atoms with E-state index < -0.39 is 0 Å². The maximum Gasteiger partial charge on any atom is 0.160 e. The number of nitrogens with two attached hydrogens (primary N) is 1. The Morgan fingerprint density at radius 2 is 1.15 bits per heavy atom. The van der Waals surface area contributed by atoms with Crippen molar-refractivity contribution in [3.8, 4) is 11.4 Å². The van der Waals surface area contributed by atoms with Gasteiger partial charge in [0.25, 0.3) is 0 Å². The van der Waals surface area contributed by atoms with E-state index in [-0.39, 0.29) is 10.8 Å². The summed E-state index contributed by atoms with van der Waals surface area (Å²) >= 11 is 0. The molecule has 0 radical (unpaired) electrons. The minimum absolute atomic E-state index is 0.253. The van der Waals surface area contributed by atoms with Crippen molar-refractivity contribution in [1.82, 2.24) is 24.9 Å². The second-order valence-corrected chi connectivity index (χ2v) is 13.9. The molecule has 0 fully saturated rings. The van der Waals surface area contributed by atoms with Crippen LogP contribution >= 0.6 is 0 Å². The minimum Gasteiger partial charge on any atom is -0.333 e. The van der Waals surface area contributed by atoms with E-state index in [1.807, 2.05) is 73.2 Å².